The van der Waals surface area contributed by atoms with Crippen LogP contribution in [0.5, 0.6) is 0 Å². The third kappa shape index (κ3) is 7.69. The third-order valence-corrected chi connectivity index (χ3v) is 9.51. The van der Waals surface area contributed by atoms with E-state index >= 15 is 0 Å². The Balaban J connectivity index is 1.20. The molecule has 4 aromatic rings. The maximum atomic E-state index is 13.5. The minimum Gasteiger partial charge on any atom is -0.369 e. The van der Waals surface area contributed by atoms with Crippen LogP contribution in [0.15, 0.2) is 85.1 Å². The molecule has 6 rings (SSSR count). The van der Waals surface area contributed by atoms with Gasteiger partial charge in [-0.05, 0) is 61.4 Å². The van der Waals surface area contributed by atoms with Gasteiger partial charge in [-0.25, -0.2) is 4.68 Å². The highest BCUT2D eigenvalue weighted by Gasteiger charge is 2.31. The molecule has 8 heteroatoms. The molecule has 7 nitrogen and oxygen atoms in total. The zero-order chi connectivity index (χ0) is 30.3. The summed E-state index contributed by atoms with van der Waals surface area (Å²) in [5.74, 6) is 0.279. The van der Waals surface area contributed by atoms with Crippen LogP contribution in [0.1, 0.15) is 54.1 Å². The van der Waals surface area contributed by atoms with Gasteiger partial charge in [0.05, 0.1) is 24.0 Å². The van der Waals surface area contributed by atoms with E-state index in [4.69, 9.17) is 16.8 Å². The Hall–Kier alpha value is -3.68. The topological polar surface area (TPSA) is 66.3 Å². The predicted octanol–water partition coefficient (Wildman–Crippen LogP) is 6.26. The first-order valence-corrected chi connectivity index (χ1v) is 16.4. The lowest BCUT2D eigenvalue weighted by molar-refractivity contribution is -0.125. The largest absolute Gasteiger partial charge is 0.369 e. The van der Waals surface area contributed by atoms with Gasteiger partial charge < -0.3 is 10.2 Å². The SMILES string of the molecule is Cc1ccc(Cl)cc1N1CCN(Cc2cn([C@@H](Cc3ccccc3)[C@H](Cc3ccccc3)NC(=O)C3CCCC3)nn2)CC1. The van der Waals surface area contributed by atoms with E-state index in [-0.39, 0.29) is 23.9 Å². The number of piperazine rings is 1. The molecule has 1 N–H and O–H groups in total. The normalized spacial score (nSPS) is 17.5. The summed E-state index contributed by atoms with van der Waals surface area (Å²) in [4.78, 5) is 18.4. The summed E-state index contributed by atoms with van der Waals surface area (Å²) in [6.45, 7) is 6.67. The molecule has 0 spiro atoms. The Morgan fingerprint density at radius 3 is 2.25 bits per heavy atom. The number of anilines is 1. The number of nitrogens with zero attached hydrogens (tertiary/aromatic N) is 5. The van der Waals surface area contributed by atoms with Crippen LogP contribution in [0.2, 0.25) is 5.02 Å². The van der Waals surface area contributed by atoms with Crippen LogP contribution in [0.3, 0.4) is 0 Å². The van der Waals surface area contributed by atoms with Gasteiger partial charge in [0.25, 0.3) is 0 Å². The molecule has 44 heavy (non-hydrogen) atoms. The maximum absolute atomic E-state index is 13.5. The number of benzene rings is 3. The Labute approximate surface area is 266 Å². The zero-order valence-corrected chi connectivity index (χ0v) is 26.4. The summed E-state index contributed by atoms with van der Waals surface area (Å²) >= 11 is 6.30. The fourth-order valence-corrected chi connectivity index (χ4v) is 6.93. The van der Waals surface area contributed by atoms with Crippen molar-refractivity contribution in [1.82, 2.24) is 25.2 Å². The standard InChI is InChI=1S/C36H43ClN6O/c1-27-16-17-31(37)24-34(27)42-20-18-41(19-21-42)25-32-26-43(40-39-32)35(23-29-12-6-3-7-13-29)33(22-28-10-4-2-5-11-28)38-36(44)30-14-8-9-15-30/h2-7,10-13,16-17,24,26,30,33,35H,8-9,14-15,18-23,25H2,1H3,(H,38,44)/t33-,35-/m0/s1. The first kappa shape index (κ1) is 30.4. The zero-order valence-electron chi connectivity index (χ0n) is 25.6. The van der Waals surface area contributed by atoms with Gasteiger partial charge in [-0.2, -0.15) is 0 Å². The van der Waals surface area contributed by atoms with Gasteiger partial charge in [0.15, 0.2) is 0 Å². The van der Waals surface area contributed by atoms with Crippen molar-refractivity contribution in [3.8, 4) is 0 Å². The van der Waals surface area contributed by atoms with Crippen molar-refractivity contribution in [2.45, 2.75) is 64.1 Å². The molecular weight excluding hydrogens is 568 g/mol. The second-order valence-corrected chi connectivity index (χ2v) is 12.9. The predicted molar refractivity (Wildman–Crippen MR) is 177 cm³/mol. The molecule has 3 aromatic carbocycles. The minimum atomic E-state index is -0.121. The first-order chi connectivity index (χ1) is 21.5. The highest BCUT2D eigenvalue weighted by atomic mass is 35.5. The van der Waals surface area contributed by atoms with Crippen molar-refractivity contribution in [2.75, 3.05) is 31.1 Å². The van der Waals surface area contributed by atoms with Crippen LogP contribution in [0.4, 0.5) is 5.69 Å². The van der Waals surface area contributed by atoms with Crippen LogP contribution in [-0.2, 0) is 24.2 Å². The molecular formula is C36H43ClN6O. The fraction of sp³-hybridized carbons (Fsp3) is 0.417. The van der Waals surface area contributed by atoms with E-state index in [1.807, 2.05) is 22.9 Å². The van der Waals surface area contributed by atoms with Crippen LogP contribution >= 0.6 is 11.6 Å². The van der Waals surface area contributed by atoms with Gasteiger partial charge in [0, 0.05) is 49.4 Å². The first-order valence-electron chi connectivity index (χ1n) is 16.0. The molecule has 1 aliphatic heterocycles. The quantitative estimate of drug-likeness (QED) is 0.217. The molecule has 0 radical (unpaired) electrons. The molecule has 1 saturated heterocycles. The van der Waals surface area contributed by atoms with Crippen molar-refractivity contribution in [1.29, 1.82) is 0 Å². The summed E-state index contributed by atoms with van der Waals surface area (Å²) in [5.41, 5.74) is 5.85. The van der Waals surface area contributed by atoms with Crippen molar-refractivity contribution >= 4 is 23.2 Å². The number of hydrogen-bond donors (Lipinski definition) is 1. The van der Waals surface area contributed by atoms with E-state index in [1.165, 1.54) is 22.4 Å². The van der Waals surface area contributed by atoms with Crippen molar-refractivity contribution in [3.05, 3.63) is 112 Å². The molecule has 1 amide bonds. The molecule has 1 saturated carbocycles. The summed E-state index contributed by atoms with van der Waals surface area (Å²) in [6, 6.07) is 26.9. The van der Waals surface area contributed by atoms with Crippen LogP contribution in [-0.4, -0.2) is 58.0 Å². The monoisotopic (exact) mass is 610 g/mol. The number of hydrogen-bond acceptors (Lipinski definition) is 5. The van der Waals surface area contributed by atoms with Crippen molar-refractivity contribution < 1.29 is 4.79 Å². The Bertz CT molecular complexity index is 1500. The van der Waals surface area contributed by atoms with Gasteiger partial charge in [-0.15, -0.1) is 5.10 Å². The number of nitrogens with one attached hydrogen (secondary N) is 1. The minimum absolute atomic E-state index is 0.0770. The van der Waals surface area contributed by atoms with Crippen LogP contribution < -0.4 is 10.2 Å². The Morgan fingerprint density at radius 2 is 1.57 bits per heavy atom. The van der Waals surface area contributed by atoms with E-state index in [9.17, 15) is 4.79 Å². The molecule has 1 aromatic heterocycles. The average Bonchev–Trinajstić information content (AvgIpc) is 3.76. The summed E-state index contributed by atoms with van der Waals surface area (Å²) in [7, 11) is 0. The number of amides is 1. The number of carbonyl (C=O) groups excluding carboxylic acids is 1. The molecule has 230 valence electrons. The molecule has 2 fully saturated rings. The van der Waals surface area contributed by atoms with Gasteiger partial charge in [-0.1, -0.05) is 96.4 Å². The lowest BCUT2D eigenvalue weighted by atomic mass is 9.93. The van der Waals surface area contributed by atoms with E-state index in [1.54, 1.807) is 0 Å². The molecule has 2 atom stereocenters. The lowest BCUT2D eigenvalue weighted by Gasteiger charge is -2.36. The van der Waals surface area contributed by atoms with E-state index < -0.39 is 0 Å². The number of aromatic nitrogens is 3. The number of halogens is 1. The van der Waals surface area contributed by atoms with Gasteiger partial charge in [-0.3, -0.25) is 9.69 Å². The number of carbonyl (C=O) groups is 1. The molecule has 2 aliphatic rings. The van der Waals surface area contributed by atoms with Crippen LogP contribution in [0, 0.1) is 12.8 Å². The number of rotatable bonds is 11. The highest BCUT2D eigenvalue weighted by molar-refractivity contribution is 6.30. The van der Waals surface area contributed by atoms with Gasteiger partial charge >= 0.3 is 0 Å². The molecule has 2 heterocycles. The smallest absolute Gasteiger partial charge is 0.223 e. The van der Waals surface area contributed by atoms with Crippen LogP contribution in [0.25, 0.3) is 0 Å². The second kappa shape index (κ2) is 14.4. The second-order valence-electron chi connectivity index (χ2n) is 12.4. The van der Waals surface area contributed by atoms with E-state index in [2.05, 4.69) is 94.0 Å². The number of aryl methyl sites for hydroxylation is 1. The summed E-state index contributed by atoms with van der Waals surface area (Å²) in [6.07, 6.45) is 7.81. The summed E-state index contributed by atoms with van der Waals surface area (Å²) < 4.78 is 2.01. The highest BCUT2D eigenvalue weighted by Crippen LogP contribution is 2.28. The van der Waals surface area contributed by atoms with Gasteiger partial charge in [0.2, 0.25) is 5.91 Å². The van der Waals surface area contributed by atoms with Crippen molar-refractivity contribution in [2.24, 2.45) is 5.92 Å². The molecule has 1 aliphatic carbocycles. The Kier molecular flexibility index (Phi) is 9.93. The van der Waals surface area contributed by atoms with E-state index in [0.29, 0.717) is 0 Å². The lowest BCUT2D eigenvalue weighted by Crippen LogP contribution is -2.46. The molecule has 0 unspecified atom stereocenters. The average molecular weight is 611 g/mol. The fourth-order valence-electron chi connectivity index (χ4n) is 6.76. The third-order valence-electron chi connectivity index (χ3n) is 9.27. The maximum Gasteiger partial charge on any atom is 0.223 e. The van der Waals surface area contributed by atoms with E-state index in [0.717, 1.165) is 82.0 Å². The van der Waals surface area contributed by atoms with Gasteiger partial charge in [0.1, 0.15) is 0 Å². The van der Waals surface area contributed by atoms with Crippen molar-refractivity contribution in [3.63, 3.8) is 0 Å². The Morgan fingerprint density at radius 1 is 0.909 bits per heavy atom. The summed E-state index contributed by atoms with van der Waals surface area (Å²) in [5, 5.41) is 13.6. The molecule has 0 bridgehead atoms.